The Morgan fingerprint density at radius 2 is 1.85 bits per heavy atom. The molecule has 1 atom stereocenters. The molecule has 0 radical (unpaired) electrons. The van der Waals surface area contributed by atoms with E-state index in [1.54, 1.807) is 24.3 Å². The van der Waals surface area contributed by atoms with Crippen molar-refractivity contribution in [2.45, 2.75) is 24.3 Å². The average Bonchev–Trinajstić information content (AvgIpc) is 3.12. The number of benzene rings is 1. The molecule has 0 aliphatic carbocycles. The van der Waals surface area contributed by atoms with Crippen molar-refractivity contribution in [2.75, 3.05) is 26.8 Å². The predicted molar refractivity (Wildman–Crippen MR) is 94.0 cm³/mol. The highest BCUT2D eigenvalue weighted by Crippen LogP contribution is 2.27. The maximum atomic E-state index is 12.8. The first-order chi connectivity index (χ1) is 12.5. The molecule has 1 aliphatic rings. The Hall–Kier alpha value is -2.39. The van der Waals surface area contributed by atoms with Crippen LogP contribution in [0.5, 0.6) is 17.5 Å². The van der Waals surface area contributed by atoms with Crippen molar-refractivity contribution in [1.82, 2.24) is 14.3 Å². The Morgan fingerprint density at radius 3 is 2.50 bits per heavy atom. The average molecular weight is 379 g/mol. The Kier molecular flexibility index (Phi) is 5.58. The van der Waals surface area contributed by atoms with E-state index in [0.29, 0.717) is 25.3 Å². The van der Waals surface area contributed by atoms with E-state index in [2.05, 4.69) is 9.97 Å². The molecule has 0 bridgehead atoms. The Balaban J connectivity index is 1.69. The van der Waals surface area contributed by atoms with Gasteiger partial charge in [0.2, 0.25) is 10.0 Å². The van der Waals surface area contributed by atoms with Crippen molar-refractivity contribution in [3.8, 4) is 17.5 Å². The summed E-state index contributed by atoms with van der Waals surface area (Å²) >= 11 is 0. The molecular formula is C17H21N3O5S. The molecule has 26 heavy (non-hydrogen) atoms. The van der Waals surface area contributed by atoms with Gasteiger partial charge in [0.05, 0.1) is 25.2 Å². The maximum absolute atomic E-state index is 12.8. The molecule has 3 rings (SSSR count). The minimum atomic E-state index is -3.58. The van der Waals surface area contributed by atoms with E-state index in [0.717, 1.165) is 0 Å². The molecule has 9 heteroatoms. The summed E-state index contributed by atoms with van der Waals surface area (Å²) in [5.41, 5.74) is 0. The molecule has 1 aromatic carbocycles. The fourth-order valence-corrected chi connectivity index (χ4v) is 4.21. The quantitative estimate of drug-likeness (QED) is 0.723. The first-order valence-electron chi connectivity index (χ1n) is 8.29. The number of hydrogen-bond donors (Lipinski definition) is 0. The van der Waals surface area contributed by atoms with Crippen molar-refractivity contribution in [3.63, 3.8) is 0 Å². The van der Waals surface area contributed by atoms with Crippen molar-refractivity contribution in [2.24, 2.45) is 0 Å². The molecule has 0 N–H and O–H groups in total. The Bertz CT molecular complexity index is 842. The summed E-state index contributed by atoms with van der Waals surface area (Å²) in [4.78, 5) is 8.35. The van der Waals surface area contributed by atoms with Crippen molar-refractivity contribution in [1.29, 1.82) is 0 Å². The van der Waals surface area contributed by atoms with E-state index in [4.69, 9.17) is 14.2 Å². The number of rotatable bonds is 7. The summed E-state index contributed by atoms with van der Waals surface area (Å²) in [5, 5.41) is 0. The van der Waals surface area contributed by atoms with Crippen LogP contribution in [0, 0.1) is 0 Å². The topological polar surface area (TPSA) is 90.9 Å². The summed E-state index contributed by atoms with van der Waals surface area (Å²) in [6.45, 7) is 3.03. The lowest BCUT2D eigenvalue weighted by Gasteiger charge is -2.17. The van der Waals surface area contributed by atoms with Gasteiger partial charge in [-0.15, -0.1) is 0 Å². The second-order valence-electron chi connectivity index (χ2n) is 5.67. The van der Waals surface area contributed by atoms with Gasteiger partial charge in [-0.2, -0.15) is 4.31 Å². The third-order valence-corrected chi connectivity index (χ3v) is 5.86. The molecule has 1 unspecified atom stereocenters. The van der Waals surface area contributed by atoms with Crippen LogP contribution in [0.4, 0.5) is 0 Å². The van der Waals surface area contributed by atoms with Crippen LogP contribution in [0.25, 0.3) is 0 Å². The van der Waals surface area contributed by atoms with Gasteiger partial charge in [0.1, 0.15) is 11.9 Å². The van der Waals surface area contributed by atoms with Crippen molar-refractivity contribution in [3.05, 3.63) is 36.7 Å². The Labute approximate surface area is 152 Å². The number of sulfonamides is 1. The lowest BCUT2D eigenvalue weighted by molar-refractivity contribution is 0.194. The highest BCUT2D eigenvalue weighted by Gasteiger charge is 2.34. The van der Waals surface area contributed by atoms with Crippen LogP contribution in [-0.4, -0.2) is 55.6 Å². The lowest BCUT2D eigenvalue weighted by Crippen LogP contribution is -2.31. The summed E-state index contributed by atoms with van der Waals surface area (Å²) in [6, 6.07) is 6.43. The van der Waals surface area contributed by atoms with Crippen LogP contribution in [0.15, 0.2) is 41.6 Å². The number of ether oxygens (including phenoxy) is 3. The smallest absolute Gasteiger partial charge is 0.278 e. The zero-order chi connectivity index (χ0) is 18.6. The van der Waals surface area contributed by atoms with Crippen molar-refractivity contribution < 1.29 is 22.6 Å². The van der Waals surface area contributed by atoms with Crippen LogP contribution < -0.4 is 14.2 Å². The minimum Gasteiger partial charge on any atom is -0.494 e. The molecule has 1 saturated heterocycles. The van der Waals surface area contributed by atoms with Gasteiger partial charge in [-0.3, -0.25) is 0 Å². The van der Waals surface area contributed by atoms with E-state index < -0.39 is 10.0 Å². The molecule has 2 aromatic rings. The molecular weight excluding hydrogens is 358 g/mol. The SMILES string of the molecule is CCOc1ccc(S(=O)(=O)N2CCC(Oc3nccnc3OC)C2)cc1. The van der Waals surface area contributed by atoms with Gasteiger partial charge >= 0.3 is 0 Å². The van der Waals surface area contributed by atoms with Crippen LogP contribution in [0.2, 0.25) is 0 Å². The Morgan fingerprint density at radius 1 is 1.15 bits per heavy atom. The molecule has 1 aromatic heterocycles. The van der Waals surface area contributed by atoms with Gasteiger partial charge in [-0.05, 0) is 37.6 Å². The zero-order valence-electron chi connectivity index (χ0n) is 14.7. The largest absolute Gasteiger partial charge is 0.494 e. The molecule has 2 heterocycles. The third-order valence-electron chi connectivity index (χ3n) is 3.99. The highest BCUT2D eigenvalue weighted by atomic mass is 32.2. The van der Waals surface area contributed by atoms with Gasteiger partial charge in [0, 0.05) is 18.9 Å². The number of methoxy groups -OCH3 is 1. The summed E-state index contributed by atoms with van der Waals surface area (Å²) in [6.07, 6.45) is 3.26. The maximum Gasteiger partial charge on any atom is 0.278 e. The van der Waals surface area contributed by atoms with E-state index in [1.165, 1.54) is 23.8 Å². The third kappa shape index (κ3) is 3.88. The van der Waals surface area contributed by atoms with Crippen LogP contribution in [0.3, 0.4) is 0 Å². The number of aromatic nitrogens is 2. The summed E-state index contributed by atoms with van der Waals surface area (Å²) < 4.78 is 43.3. The van der Waals surface area contributed by atoms with Crippen LogP contribution in [0.1, 0.15) is 13.3 Å². The first-order valence-corrected chi connectivity index (χ1v) is 9.73. The molecule has 0 amide bonds. The van der Waals surface area contributed by atoms with Gasteiger partial charge in [-0.25, -0.2) is 18.4 Å². The molecule has 0 spiro atoms. The second-order valence-corrected chi connectivity index (χ2v) is 7.60. The number of nitrogens with zero attached hydrogens (tertiary/aromatic N) is 3. The molecule has 1 aliphatic heterocycles. The molecule has 1 fully saturated rings. The molecule has 8 nitrogen and oxygen atoms in total. The van der Waals surface area contributed by atoms with E-state index in [9.17, 15) is 8.42 Å². The standard InChI is InChI=1S/C17H21N3O5S/c1-3-24-13-4-6-15(7-5-13)26(21,22)20-11-8-14(12-20)25-17-16(23-2)18-9-10-19-17/h4-7,9-10,14H,3,8,11-12H2,1-2H3. The fourth-order valence-electron chi connectivity index (χ4n) is 2.73. The van der Waals surface area contributed by atoms with Gasteiger partial charge in [0.15, 0.2) is 0 Å². The van der Waals surface area contributed by atoms with Crippen LogP contribution in [-0.2, 0) is 10.0 Å². The van der Waals surface area contributed by atoms with Gasteiger partial charge in [0.25, 0.3) is 11.8 Å². The van der Waals surface area contributed by atoms with Crippen molar-refractivity contribution >= 4 is 10.0 Å². The molecule has 0 saturated carbocycles. The van der Waals surface area contributed by atoms with Crippen LogP contribution >= 0.6 is 0 Å². The summed E-state index contributed by atoms with van der Waals surface area (Å²) in [5.74, 6) is 1.18. The second kappa shape index (κ2) is 7.88. The number of hydrogen-bond acceptors (Lipinski definition) is 7. The zero-order valence-corrected chi connectivity index (χ0v) is 15.5. The summed E-state index contributed by atoms with van der Waals surface area (Å²) in [7, 11) is -2.10. The van der Waals surface area contributed by atoms with E-state index in [1.807, 2.05) is 6.92 Å². The lowest BCUT2D eigenvalue weighted by atomic mass is 10.3. The first kappa shape index (κ1) is 18.4. The molecule has 140 valence electrons. The monoisotopic (exact) mass is 379 g/mol. The fraction of sp³-hybridized carbons (Fsp3) is 0.412. The minimum absolute atomic E-state index is 0.235. The van der Waals surface area contributed by atoms with Gasteiger partial charge in [-0.1, -0.05) is 0 Å². The van der Waals surface area contributed by atoms with E-state index >= 15 is 0 Å². The normalized spacial score (nSPS) is 17.8. The van der Waals surface area contributed by atoms with Gasteiger partial charge < -0.3 is 14.2 Å². The highest BCUT2D eigenvalue weighted by molar-refractivity contribution is 7.89. The van der Waals surface area contributed by atoms with E-state index in [-0.39, 0.29) is 29.3 Å². The predicted octanol–water partition coefficient (Wildman–Crippen LogP) is 1.73.